The number of hydrogen-bond donors (Lipinski definition) is 1. The Bertz CT molecular complexity index is 276. The van der Waals surface area contributed by atoms with Crippen molar-refractivity contribution in [2.75, 3.05) is 7.05 Å². The minimum Gasteiger partial charge on any atom is -0.302 e. The van der Waals surface area contributed by atoms with E-state index in [1.54, 1.807) is 0 Å². The molecule has 0 aromatic rings. The molecule has 4 atom stereocenters. The molecule has 4 unspecified atom stereocenters. The summed E-state index contributed by atoms with van der Waals surface area (Å²) in [4.78, 5) is 0. The normalized spacial score (nSPS) is 51.2. The Hall–Kier alpha value is -0.550. The fraction of sp³-hybridized carbons (Fsp3) is 0.909. The van der Waals surface area contributed by atoms with Gasteiger partial charge in [-0.25, -0.2) is 0 Å². The highest BCUT2D eigenvalue weighted by Crippen LogP contribution is 2.69. The highest BCUT2D eigenvalue weighted by molar-refractivity contribution is 5.29. The summed E-state index contributed by atoms with van der Waals surface area (Å²) < 4.78 is 0. The molecule has 0 heterocycles. The van der Waals surface area contributed by atoms with Gasteiger partial charge in [0.2, 0.25) is 0 Å². The summed E-state index contributed by atoms with van der Waals surface area (Å²) in [6.45, 7) is 6.87. The fourth-order valence-corrected chi connectivity index (χ4v) is 3.80. The Kier molecular flexibility index (Phi) is 1.58. The zero-order chi connectivity index (χ0) is 9.85. The molecule has 13 heavy (non-hydrogen) atoms. The maximum atomic E-state index is 9.25. The SMILES string of the molecule is CNC1(C#N)CC(C)(C)C2C(C)C21. The Morgan fingerprint density at radius 2 is 2.00 bits per heavy atom. The van der Waals surface area contributed by atoms with E-state index in [9.17, 15) is 5.26 Å². The first-order chi connectivity index (χ1) is 5.98. The van der Waals surface area contributed by atoms with Crippen LogP contribution in [0.3, 0.4) is 0 Å². The zero-order valence-corrected chi connectivity index (χ0v) is 8.89. The number of nitrogens with zero attached hydrogens (tertiary/aromatic N) is 1. The maximum absolute atomic E-state index is 9.25. The Morgan fingerprint density at radius 3 is 2.23 bits per heavy atom. The molecule has 2 aliphatic carbocycles. The molecule has 0 amide bonds. The van der Waals surface area contributed by atoms with Crippen LogP contribution in [-0.2, 0) is 0 Å². The fourth-order valence-electron chi connectivity index (χ4n) is 3.80. The molecule has 2 rings (SSSR count). The van der Waals surface area contributed by atoms with E-state index in [-0.39, 0.29) is 5.54 Å². The van der Waals surface area contributed by atoms with Crippen molar-refractivity contribution < 1.29 is 0 Å². The van der Waals surface area contributed by atoms with Crippen molar-refractivity contribution in [2.24, 2.45) is 23.2 Å². The lowest BCUT2D eigenvalue weighted by atomic mass is 9.80. The Labute approximate surface area is 80.3 Å². The third-order valence-corrected chi connectivity index (χ3v) is 4.23. The van der Waals surface area contributed by atoms with Gasteiger partial charge in [0.1, 0.15) is 5.54 Å². The van der Waals surface area contributed by atoms with Crippen molar-refractivity contribution in [1.82, 2.24) is 5.32 Å². The molecule has 2 saturated carbocycles. The van der Waals surface area contributed by atoms with Crippen LogP contribution in [-0.4, -0.2) is 12.6 Å². The predicted molar refractivity (Wildman–Crippen MR) is 51.9 cm³/mol. The van der Waals surface area contributed by atoms with Crippen molar-refractivity contribution in [2.45, 2.75) is 32.7 Å². The van der Waals surface area contributed by atoms with Crippen LogP contribution in [0.1, 0.15) is 27.2 Å². The van der Waals surface area contributed by atoms with E-state index in [0.717, 1.165) is 18.3 Å². The number of hydrogen-bond acceptors (Lipinski definition) is 2. The van der Waals surface area contributed by atoms with Gasteiger partial charge in [0, 0.05) is 0 Å². The van der Waals surface area contributed by atoms with Crippen molar-refractivity contribution in [3.8, 4) is 6.07 Å². The second kappa shape index (κ2) is 2.27. The second-order valence-electron chi connectivity index (χ2n) is 5.41. The van der Waals surface area contributed by atoms with Gasteiger partial charge in [-0.1, -0.05) is 20.8 Å². The molecule has 0 bridgehead atoms. The molecule has 0 aliphatic heterocycles. The van der Waals surface area contributed by atoms with Gasteiger partial charge < -0.3 is 5.32 Å². The van der Waals surface area contributed by atoms with Gasteiger partial charge in [-0.2, -0.15) is 5.26 Å². The van der Waals surface area contributed by atoms with Crippen LogP contribution in [0, 0.1) is 34.5 Å². The van der Waals surface area contributed by atoms with Gasteiger partial charge in [-0.3, -0.25) is 0 Å². The number of rotatable bonds is 1. The maximum Gasteiger partial charge on any atom is 0.110 e. The van der Waals surface area contributed by atoms with Crippen molar-refractivity contribution >= 4 is 0 Å². The highest BCUT2D eigenvalue weighted by Gasteiger charge is 2.70. The minimum absolute atomic E-state index is 0.229. The third kappa shape index (κ3) is 0.914. The standard InChI is InChI=1S/C11H18N2/c1-7-8-9(7)11(6-12,13-4)5-10(8,2)3/h7-9,13H,5H2,1-4H3. The average Bonchev–Trinajstić information content (AvgIpc) is 2.66. The Balaban J connectivity index is 2.33. The smallest absolute Gasteiger partial charge is 0.110 e. The summed E-state index contributed by atoms with van der Waals surface area (Å²) in [5.74, 6) is 2.09. The molecule has 2 heteroatoms. The molecular formula is C11H18N2. The van der Waals surface area contributed by atoms with Gasteiger partial charge in [-0.05, 0) is 36.6 Å². The third-order valence-electron chi connectivity index (χ3n) is 4.23. The molecule has 72 valence electrons. The number of fused-ring (bicyclic) bond motifs is 1. The molecule has 0 aromatic carbocycles. The van der Waals surface area contributed by atoms with E-state index in [1.165, 1.54) is 0 Å². The molecule has 0 spiro atoms. The van der Waals surface area contributed by atoms with Crippen molar-refractivity contribution in [3.05, 3.63) is 0 Å². The summed E-state index contributed by atoms with van der Waals surface area (Å²) in [6.07, 6.45) is 1.01. The van der Waals surface area contributed by atoms with E-state index in [1.807, 2.05) is 7.05 Å². The molecule has 0 radical (unpaired) electrons. The quantitative estimate of drug-likeness (QED) is 0.664. The van der Waals surface area contributed by atoms with Crippen molar-refractivity contribution in [1.29, 1.82) is 5.26 Å². The van der Waals surface area contributed by atoms with Crippen LogP contribution in [0.2, 0.25) is 0 Å². The summed E-state index contributed by atoms with van der Waals surface area (Å²) in [5.41, 5.74) is 0.121. The molecule has 1 N–H and O–H groups in total. The molecular weight excluding hydrogens is 160 g/mol. The topological polar surface area (TPSA) is 35.8 Å². The van der Waals surface area contributed by atoms with E-state index in [4.69, 9.17) is 0 Å². The number of nitriles is 1. The van der Waals surface area contributed by atoms with E-state index < -0.39 is 0 Å². The van der Waals surface area contributed by atoms with Crippen LogP contribution < -0.4 is 5.32 Å². The summed E-state index contributed by atoms with van der Waals surface area (Å²) >= 11 is 0. The molecule has 2 aliphatic rings. The first-order valence-corrected chi connectivity index (χ1v) is 5.09. The van der Waals surface area contributed by atoms with Gasteiger partial charge in [-0.15, -0.1) is 0 Å². The van der Waals surface area contributed by atoms with E-state index >= 15 is 0 Å². The van der Waals surface area contributed by atoms with E-state index in [2.05, 4.69) is 32.2 Å². The molecule has 0 saturated heterocycles. The largest absolute Gasteiger partial charge is 0.302 e. The second-order valence-corrected chi connectivity index (χ2v) is 5.41. The first kappa shape index (κ1) is 9.02. The van der Waals surface area contributed by atoms with Crippen LogP contribution in [0.5, 0.6) is 0 Å². The van der Waals surface area contributed by atoms with Crippen LogP contribution >= 0.6 is 0 Å². The van der Waals surface area contributed by atoms with Crippen LogP contribution in [0.4, 0.5) is 0 Å². The lowest BCUT2D eigenvalue weighted by Gasteiger charge is -2.29. The summed E-state index contributed by atoms with van der Waals surface area (Å²) in [5, 5.41) is 12.5. The Morgan fingerprint density at radius 1 is 1.38 bits per heavy atom. The van der Waals surface area contributed by atoms with E-state index in [0.29, 0.717) is 11.3 Å². The molecule has 2 fully saturated rings. The number of nitrogens with one attached hydrogen (secondary N) is 1. The summed E-state index contributed by atoms with van der Waals surface area (Å²) in [6, 6.07) is 2.49. The zero-order valence-electron chi connectivity index (χ0n) is 8.89. The van der Waals surface area contributed by atoms with Crippen LogP contribution in [0.25, 0.3) is 0 Å². The van der Waals surface area contributed by atoms with Gasteiger partial charge in [0.15, 0.2) is 0 Å². The van der Waals surface area contributed by atoms with Gasteiger partial charge >= 0.3 is 0 Å². The van der Waals surface area contributed by atoms with Crippen LogP contribution in [0.15, 0.2) is 0 Å². The monoisotopic (exact) mass is 178 g/mol. The predicted octanol–water partition coefficient (Wildman–Crippen LogP) is 1.78. The lowest BCUT2D eigenvalue weighted by molar-refractivity contribution is 0.255. The van der Waals surface area contributed by atoms with Crippen molar-refractivity contribution in [3.63, 3.8) is 0 Å². The average molecular weight is 178 g/mol. The molecule has 0 aromatic heterocycles. The molecule has 2 nitrogen and oxygen atoms in total. The first-order valence-electron chi connectivity index (χ1n) is 5.09. The lowest BCUT2D eigenvalue weighted by Crippen LogP contribution is -2.44. The summed E-state index contributed by atoms with van der Waals surface area (Å²) in [7, 11) is 1.92. The highest BCUT2D eigenvalue weighted by atomic mass is 15.0. The van der Waals surface area contributed by atoms with Gasteiger partial charge in [0.05, 0.1) is 6.07 Å². The van der Waals surface area contributed by atoms with Gasteiger partial charge in [0.25, 0.3) is 0 Å². The minimum atomic E-state index is -0.229.